The Morgan fingerprint density at radius 2 is 1.17 bits per heavy atom. The van der Waals surface area contributed by atoms with Crippen LogP contribution in [0.15, 0.2) is 24.3 Å². The standard InChI is InChI=1S/C15H10Cl4O4/c1-23-15(22)12(6-2-8(16)13(20)9(17)3-6)7-4-10(18)14(21)11(19)5-7/h2-5,12,20-21H,1H3. The summed E-state index contributed by atoms with van der Waals surface area (Å²) in [7, 11) is 1.22. The second-order valence-corrected chi connectivity index (χ2v) is 6.25. The second-order valence-electron chi connectivity index (χ2n) is 4.62. The lowest BCUT2D eigenvalue weighted by Gasteiger charge is -2.18. The average molecular weight is 396 g/mol. The number of carbonyl (C=O) groups is 1. The van der Waals surface area contributed by atoms with Gasteiger partial charge in [0.2, 0.25) is 0 Å². The van der Waals surface area contributed by atoms with Crippen molar-refractivity contribution >= 4 is 52.4 Å². The van der Waals surface area contributed by atoms with Crippen molar-refractivity contribution in [1.82, 2.24) is 0 Å². The fourth-order valence-corrected chi connectivity index (χ4v) is 3.09. The van der Waals surface area contributed by atoms with Gasteiger partial charge in [0, 0.05) is 0 Å². The number of benzene rings is 2. The van der Waals surface area contributed by atoms with Gasteiger partial charge in [-0.05, 0) is 35.4 Å². The molecule has 0 amide bonds. The van der Waals surface area contributed by atoms with Crippen LogP contribution in [-0.4, -0.2) is 23.3 Å². The first kappa shape index (κ1) is 18.0. The summed E-state index contributed by atoms with van der Waals surface area (Å²) in [5.74, 6) is -2.13. The Labute approximate surface area is 152 Å². The van der Waals surface area contributed by atoms with Crippen molar-refractivity contribution in [2.24, 2.45) is 0 Å². The van der Waals surface area contributed by atoms with Crippen molar-refractivity contribution in [2.75, 3.05) is 7.11 Å². The van der Waals surface area contributed by atoms with Gasteiger partial charge in [0.15, 0.2) is 11.5 Å². The third kappa shape index (κ3) is 3.61. The molecule has 122 valence electrons. The molecular formula is C15H10Cl4O4. The fourth-order valence-electron chi connectivity index (χ4n) is 2.09. The van der Waals surface area contributed by atoms with Crippen molar-refractivity contribution < 1.29 is 19.7 Å². The third-order valence-corrected chi connectivity index (χ3v) is 4.33. The summed E-state index contributed by atoms with van der Waals surface area (Å²) in [6.07, 6.45) is 0. The molecule has 4 nitrogen and oxygen atoms in total. The average Bonchev–Trinajstić information content (AvgIpc) is 2.50. The highest BCUT2D eigenvalue weighted by Crippen LogP contribution is 2.40. The number of hydrogen-bond donors (Lipinski definition) is 2. The predicted octanol–water partition coefficient (Wildman–Crippen LogP) is 5.02. The van der Waals surface area contributed by atoms with Crippen LogP contribution in [0.3, 0.4) is 0 Å². The lowest BCUT2D eigenvalue weighted by molar-refractivity contribution is -0.141. The van der Waals surface area contributed by atoms with Crippen molar-refractivity contribution in [3.05, 3.63) is 55.5 Å². The molecule has 0 unspecified atom stereocenters. The van der Waals surface area contributed by atoms with Gasteiger partial charge in [-0.25, -0.2) is 0 Å². The first-order chi connectivity index (χ1) is 10.8. The summed E-state index contributed by atoms with van der Waals surface area (Å²) in [5.41, 5.74) is 0.755. The van der Waals surface area contributed by atoms with E-state index in [0.29, 0.717) is 11.1 Å². The smallest absolute Gasteiger partial charge is 0.317 e. The third-order valence-electron chi connectivity index (χ3n) is 3.18. The van der Waals surface area contributed by atoms with Gasteiger partial charge in [-0.2, -0.15) is 0 Å². The highest BCUT2D eigenvalue weighted by molar-refractivity contribution is 6.38. The van der Waals surface area contributed by atoms with E-state index in [9.17, 15) is 15.0 Å². The lowest BCUT2D eigenvalue weighted by Crippen LogP contribution is -2.16. The van der Waals surface area contributed by atoms with E-state index in [1.165, 1.54) is 31.4 Å². The largest absolute Gasteiger partial charge is 0.505 e. The number of halogens is 4. The highest BCUT2D eigenvalue weighted by Gasteiger charge is 2.27. The van der Waals surface area contributed by atoms with Crippen LogP contribution < -0.4 is 0 Å². The van der Waals surface area contributed by atoms with Crippen LogP contribution in [0.25, 0.3) is 0 Å². The lowest BCUT2D eigenvalue weighted by atomic mass is 9.91. The normalized spacial score (nSPS) is 10.9. The van der Waals surface area contributed by atoms with E-state index in [0.717, 1.165) is 0 Å². The fraction of sp³-hybridized carbons (Fsp3) is 0.133. The Morgan fingerprint density at radius 3 is 1.43 bits per heavy atom. The minimum absolute atomic E-state index is 0.0163. The molecule has 0 spiro atoms. The Morgan fingerprint density at radius 1 is 0.870 bits per heavy atom. The summed E-state index contributed by atoms with van der Waals surface area (Å²) in [4.78, 5) is 12.2. The number of methoxy groups -OCH3 is 1. The summed E-state index contributed by atoms with van der Waals surface area (Å²) in [5, 5.41) is 19.2. The molecule has 2 aromatic carbocycles. The SMILES string of the molecule is COC(=O)C(c1cc(Cl)c(O)c(Cl)c1)c1cc(Cl)c(O)c(Cl)c1. The summed E-state index contributed by atoms with van der Waals surface area (Å²) < 4.78 is 4.80. The van der Waals surface area contributed by atoms with Crippen LogP contribution >= 0.6 is 46.4 Å². The van der Waals surface area contributed by atoms with E-state index >= 15 is 0 Å². The van der Waals surface area contributed by atoms with Gasteiger partial charge in [-0.15, -0.1) is 0 Å². The molecule has 0 heterocycles. The summed E-state index contributed by atoms with van der Waals surface area (Å²) >= 11 is 23.6. The number of ether oxygens (including phenoxy) is 1. The van der Waals surface area contributed by atoms with Gasteiger partial charge in [0.25, 0.3) is 0 Å². The van der Waals surface area contributed by atoms with Gasteiger partial charge in [0.05, 0.1) is 27.2 Å². The minimum Gasteiger partial charge on any atom is -0.505 e. The molecule has 2 rings (SSSR count). The van der Waals surface area contributed by atoms with E-state index < -0.39 is 11.9 Å². The van der Waals surface area contributed by atoms with Crippen molar-refractivity contribution in [1.29, 1.82) is 0 Å². The number of phenols is 2. The predicted molar refractivity (Wildman–Crippen MR) is 90.1 cm³/mol. The van der Waals surface area contributed by atoms with Gasteiger partial charge < -0.3 is 14.9 Å². The van der Waals surface area contributed by atoms with Gasteiger partial charge in [0.1, 0.15) is 5.92 Å². The highest BCUT2D eigenvalue weighted by atomic mass is 35.5. The van der Waals surface area contributed by atoms with Crippen molar-refractivity contribution in [3.8, 4) is 11.5 Å². The molecule has 0 atom stereocenters. The Bertz CT molecular complexity index is 673. The summed E-state index contributed by atoms with van der Waals surface area (Å²) in [6.45, 7) is 0. The van der Waals surface area contributed by atoms with Crippen molar-refractivity contribution in [3.63, 3.8) is 0 Å². The van der Waals surface area contributed by atoms with Crippen LogP contribution in [0.2, 0.25) is 20.1 Å². The van der Waals surface area contributed by atoms with Crippen LogP contribution in [0.4, 0.5) is 0 Å². The maximum absolute atomic E-state index is 12.2. The molecule has 23 heavy (non-hydrogen) atoms. The molecule has 2 N–H and O–H groups in total. The second kappa shape index (κ2) is 7.05. The van der Waals surface area contributed by atoms with E-state index in [-0.39, 0.29) is 31.6 Å². The number of rotatable bonds is 3. The zero-order chi connectivity index (χ0) is 17.3. The number of hydrogen-bond acceptors (Lipinski definition) is 4. The number of aromatic hydroxyl groups is 2. The zero-order valence-corrected chi connectivity index (χ0v) is 14.6. The number of phenolic OH excluding ortho intramolecular Hbond substituents is 2. The van der Waals surface area contributed by atoms with E-state index in [4.69, 9.17) is 51.1 Å². The van der Waals surface area contributed by atoms with Gasteiger partial charge in [-0.3, -0.25) is 4.79 Å². The maximum atomic E-state index is 12.2. The topological polar surface area (TPSA) is 66.8 Å². The van der Waals surface area contributed by atoms with Crippen molar-refractivity contribution in [2.45, 2.75) is 5.92 Å². The van der Waals surface area contributed by atoms with E-state index in [1.54, 1.807) is 0 Å². The molecule has 2 aromatic rings. The molecule has 0 radical (unpaired) electrons. The van der Waals surface area contributed by atoms with Crippen LogP contribution in [-0.2, 0) is 9.53 Å². The summed E-state index contributed by atoms with van der Waals surface area (Å²) in [6, 6.07) is 5.55. The Kier molecular flexibility index (Phi) is 5.53. The van der Waals surface area contributed by atoms with Crippen LogP contribution in [0.5, 0.6) is 11.5 Å². The molecule has 0 aliphatic rings. The number of esters is 1. The Hall–Kier alpha value is -1.33. The molecule has 0 aromatic heterocycles. The molecule has 0 saturated heterocycles. The molecule has 0 bridgehead atoms. The molecule has 0 saturated carbocycles. The molecular weight excluding hydrogens is 386 g/mol. The van der Waals surface area contributed by atoms with E-state index in [1.807, 2.05) is 0 Å². The first-order valence-corrected chi connectivity index (χ1v) is 7.71. The zero-order valence-electron chi connectivity index (χ0n) is 11.6. The maximum Gasteiger partial charge on any atom is 0.317 e. The van der Waals surface area contributed by atoms with Gasteiger partial charge >= 0.3 is 5.97 Å². The van der Waals surface area contributed by atoms with E-state index in [2.05, 4.69) is 0 Å². The molecule has 0 fully saturated rings. The quantitative estimate of drug-likeness (QED) is 0.716. The number of carbonyl (C=O) groups excluding carboxylic acids is 1. The van der Waals surface area contributed by atoms with Crippen LogP contribution in [0, 0.1) is 0 Å². The first-order valence-electron chi connectivity index (χ1n) is 6.20. The van der Waals surface area contributed by atoms with Gasteiger partial charge in [-0.1, -0.05) is 46.4 Å². The minimum atomic E-state index is -0.939. The van der Waals surface area contributed by atoms with Crippen LogP contribution in [0.1, 0.15) is 17.0 Å². The monoisotopic (exact) mass is 394 g/mol. The molecule has 0 aliphatic carbocycles. The Balaban J connectivity index is 2.66. The molecule has 8 heteroatoms. The molecule has 0 aliphatic heterocycles.